The lowest BCUT2D eigenvalue weighted by Crippen LogP contribution is -2.35. The van der Waals surface area contributed by atoms with Gasteiger partial charge in [-0.05, 0) is 25.0 Å². The van der Waals surface area contributed by atoms with Crippen molar-refractivity contribution in [1.29, 1.82) is 0 Å². The van der Waals surface area contributed by atoms with Crippen molar-refractivity contribution in [2.24, 2.45) is 11.5 Å². The number of halogens is 1. The molecular formula is C10H16ClN3O. The minimum absolute atomic E-state index is 0.103. The summed E-state index contributed by atoms with van der Waals surface area (Å²) >= 11 is 5.40. The van der Waals surface area contributed by atoms with Gasteiger partial charge in [0.1, 0.15) is 0 Å². The maximum Gasteiger partial charge on any atom is 0.267 e. The standard InChI is InChI=1S/C10H16ClN3O/c11-9(13)6-5-8(12)10(15)14-7-3-1-2-4-7/h5-7H,1-4,12-13H2,(H,14,15)/b8-5-,9-6-. The Bertz CT molecular complexity index is 289. The van der Waals surface area contributed by atoms with E-state index in [1.807, 2.05) is 0 Å². The third kappa shape index (κ3) is 4.25. The molecule has 5 heteroatoms. The van der Waals surface area contributed by atoms with Crippen molar-refractivity contribution in [2.75, 3.05) is 0 Å². The molecule has 1 aliphatic carbocycles. The molecule has 1 amide bonds. The Morgan fingerprint density at radius 1 is 1.27 bits per heavy atom. The maximum absolute atomic E-state index is 11.5. The number of amides is 1. The third-order valence-corrected chi connectivity index (χ3v) is 2.50. The number of nitrogens with two attached hydrogens (primary N) is 2. The molecule has 0 aromatic carbocycles. The summed E-state index contributed by atoms with van der Waals surface area (Å²) in [6, 6.07) is 0.266. The van der Waals surface area contributed by atoms with Gasteiger partial charge in [-0.3, -0.25) is 4.79 Å². The van der Waals surface area contributed by atoms with Crippen LogP contribution < -0.4 is 16.8 Å². The molecule has 5 N–H and O–H groups in total. The van der Waals surface area contributed by atoms with Crippen LogP contribution in [0.15, 0.2) is 23.0 Å². The molecule has 1 aliphatic rings. The van der Waals surface area contributed by atoms with Crippen LogP contribution in [-0.4, -0.2) is 11.9 Å². The van der Waals surface area contributed by atoms with Crippen molar-refractivity contribution in [1.82, 2.24) is 5.32 Å². The number of nitrogens with one attached hydrogen (secondary N) is 1. The van der Waals surface area contributed by atoms with Gasteiger partial charge >= 0.3 is 0 Å². The molecule has 0 radical (unpaired) electrons. The second-order valence-electron chi connectivity index (χ2n) is 3.63. The van der Waals surface area contributed by atoms with Gasteiger partial charge in [0.05, 0.1) is 10.9 Å². The lowest BCUT2D eigenvalue weighted by Gasteiger charge is -2.11. The summed E-state index contributed by atoms with van der Waals surface area (Å²) in [5, 5.41) is 2.96. The molecular weight excluding hydrogens is 214 g/mol. The zero-order valence-corrected chi connectivity index (χ0v) is 9.26. The largest absolute Gasteiger partial charge is 0.394 e. The van der Waals surface area contributed by atoms with Crippen molar-refractivity contribution in [3.63, 3.8) is 0 Å². The van der Waals surface area contributed by atoms with Gasteiger partial charge in [-0.2, -0.15) is 0 Å². The number of carbonyl (C=O) groups excluding carboxylic acids is 1. The summed E-state index contributed by atoms with van der Waals surface area (Å²) in [6.45, 7) is 0. The van der Waals surface area contributed by atoms with Crippen LogP contribution >= 0.6 is 11.6 Å². The van der Waals surface area contributed by atoms with Crippen molar-refractivity contribution in [3.05, 3.63) is 23.0 Å². The Hall–Kier alpha value is -1.16. The fourth-order valence-electron chi connectivity index (χ4n) is 1.58. The van der Waals surface area contributed by atoms with E-state index in [0.717, 1.165) is 12.8 Å². The SMILES string of the molecule is N/C(=C\C=C(/N)Cl)C(=O)NC1CCCC1. The highest BCUT2D eigenvalue weighted by Gasteiger charge is 2.17. The van der Waals surface area contributed by atoms with Crippen molar-refractivity contribution >= 4 is 17.5 Å². The van der Waals surface area contributed by atoms with Crippen LogP contribution in [0.1, 0.15) is 25.7 Å². The summed E-state index contributed by atoms with van der Waals surface area (Å²) in [7, 11) is 0. The average Bonchev–Trinajstić information content (AvgIpc) is 2.66. The number of rotatable bonds is 3. The van der Waals surface area contributed by atoms with E-state index in [-0.39, 0.29) is 22.8 Å². The molecule has 1 rings (SSSR count). The third-order valence-electron chi connectivity index (χ3n) is 2.37. The first kappa shape index (κ1) is 11.9. The highest BCUT2D eigenvalue weighted by atomic mass is 35.5. The van der Waals surface area contributed by atoms with Gasteiger partial charge in [-0.25, -0.2) is 0 Å². The molecule has 4 nitrogen and oxygen atoms in total. The van der Waals surface area contributed by atoms with Crippen LogP contribution in [0.2, 0.25) is 0 Å². The fraction of sp³-hybridized carbons (Fsp3) is 0.500. The van der Waals surface area contributed by atoms with Gasteiger partial charge in [0.25, 0.3) is 5.91 Å². The van der Waals surface area contributed by atoms with E-state index in [1.54, 1.807) is 0 Å². The fourth-order valence-corrected chi connectivity index (χ4v) is 1.65. The Balaban J connectivity index is 2.45. The Morgan fingerprint density at radius 3 is 2.40 bits per heavy atom. The highest BCUT2D eigenvalue weighted by Crippen LogP contribution is 2.17. The lowest BCUT2D eigenvalue weighted by molar-refractivity contribution is -0.118. The first-order valence-corrected chi connectivity index (χ1v) is 5.36. The molecule has 1 fully saturated rings. The molecule has 0 atom stereocenters. The van der Waals surface area contributed by atoms with Crippen LogP contribution in [0.25, 0.3) is 0 Å². The lowest BCUT2D eigenvalue weighted by atomic mass is 10.2. The molecule has 84 valence electrons. The Morgan fingerprint density at radius 2 is 1.87 bits per heavy atom. The number of hydrogen-bond acceptors (Lipinski definition) is 3. The highest BCUT2D eigenvalue weighted by molar-refractivity contribution is 6.29. The van der Waals surface area contributed by atoms with Crippen LogP contribution in [0.5, 0.6) is 0 Å². The average molecular weight is 230 g/mol. The molecule has 0 aliphatic heterocycles. The van der Waals surface area contributed by atoms with Crippen LogP contribution in [0, 0.1) is 0 Å². The van der Waals surface area contributed by atoms with Gasteiger partial charge < -0.3 is 16.8 Å². The summed E-state index contributed by atoms with van der Waals surface area (Å²) in [4.78, 5) is 11.5. The number of carbonyl (C=O) groups is 1. The van der Waals surface area contributed by atoms with E-state index in [4.69, 9.17) is 23.1 Å². The summed E-state index contributed by atoms with van der Waals surface area (Å²) in [6.07, 6.45) is 7.21. The van der Waals surface area contributed by atoms with Crippen LogP contribution in [0.3, 0.4) is 0 Å². The van der Waals surface area contributed by atoms with Crippen molar-refractivity contribution < 1.29 is 4.79 Å². The summed E-state index contributed by atoms with van der Waals surface area (Å²) in [5.74, 6) is -0.254. The molecule has 15 heavy (non-hydrogen) atoms. The van der Waals surface area contributed by atoms with Crippen molar-refractivity contribution in [2.45, 2.75) is 31.7 Å². The van der Waals surface area contributed by atoms with Gasteiger partial charge in [-0.15, -0.1) is 0 Å². The quantitative estimate of drug-likeness (QED) is 0.383. The van der Waals surface area contributed by atoms with Gasteiger partial charge in [0.2, 0.25) is 0 Å². The summed E-state index contributed by atoms with van der Waals surface area (Å²) < 4.78 is 0. The molecule has 1 saturated carbocycles. The van der Waals surface area contributed by atoms with Gasteiger partial charge in [-0.1, -0.05) is 24.4 Å². The predicted octanol–water partition coefficient (Wildman–Crippen LogP) is 0.927. The van der Waals surface area contributed by atoms with E-state index < -0.39 is 0 Å². The Kier molecular flexibility index (Phi) is 4.49. The second kappa shape index (κ2) is 5.66. The number of allylic oxidation sites excluding steroid dienone is 2. The smallest absolute Gasteiger partial charge is 0.267 e. The van der Waals surface area contributed by atoms with Gasteiger partial charge in [0.15, 0.2) is 0 Å². The minimum Gasteiger partial charge on any atom is -0.394 e. The van der Waals surface area contributed by atoms with E-state index in [1.165, 1.54) is 25.0 Å². The van der Waals surface area contributed by atoms with E-state index in [2.05, 4.69) is 5.32 Å². The molecule has 0 saturated heterocycles. The zero-order chi connectivity index (χ0) is 11.3. The van der Waals surface area contributed by atoms with Crippen molar-refractivity contribution in [3.8, 4) is 0 Å². The predicted molar refractivity (Wildman–Crippen MR) is 60.8 cm³/mol. The monoisotopic (exact) mass is 229 g/mol. The molecule has 0 bridgehead atoms. The van der Waals surface area contributed by atoms with Crippen LogP contribution in [0.4, 0.5) is 0 Å². The van der Waals surface area contributed by atoms with Gasteiger partial charge in [0, 0.05) is 6.04 Å². The molecule has 0 unspecified atom stereocenters. The molecule has 0 aromatic rings. The van der Waals surface area contributed by atoms with E-state index >= 15 is 0 Å². The molecule has 0 spiro atoms. The first-order valence-electron chi connectivity index (χ1n) is 4.99. The number of hydrogen-bond donors (Lipinski definition) is 3. The zero-order valence-electron chi connectivity index (χ0n) is 8.50. The normalized spacial score (nSPS) is 19.3. The maximum atomic E-state index is 11.5. The van der Waals surface area contributed by atoms with E-state index in [0.29, 0.717) is 0 Å². The second-order valence-corrected chi connectivity index (χ2v) is 4.06. The summed E-state index contributed by atoms with van der Waals surface area (Å²) in [5.41, 5.74) is 10.9. The topological polar surface area (TPSA) is 81.1 Å². The minimum atomic E-state index is -0.254. The van der Waals surface area contributed by atoms with Crippen LogP contribution in [-0.2, 0) is 4.79 Å². The first-order chi connectivity index (χ1) is 7.09. The van der Waals surface area contributed by atoms with E-state index in [9.17, 15) is 4.79 Å². The molecule has 0 heterocycles. The Labute approximate surface area is 94.3 Å². The molecule has 0 aromatic heterocycles.